The van der Waals surface area contributed by atoms with E-state index < -0.39 is 23.5 Å². The fourth-order valence-electron chi connectivity index (χ4n) is 1.91. The van der Waals surface area contributed by atoms with Crippen molar-refractivity contribution in [1.29, 1.82) is 0 Å². The van der Waals surface area contributed by atoms with E-state index in [-0.39, 0.29) is 18.5 Å². The normalized spacial score (nSPS) is 10.0. The number of rotatable bonds is 5. The van der Waals surface area contributed by atoms with Crippen molar-refractivity contribution >= 4 is 33.7 Å². The van der Waals surface area contributed by atoms with Gasteiger partial charge in [0.1, 0.15) is 5.82 Å². The summed E-state index contributed by atoms with van der Waals surface area (Å²) in [5.41, 5.74) is 5.08. The van der Waals surface area contributed by atoms with E-state index >= 15 is 0 Å². The summed E-state index contributed by atoms with van der Waals surface area (Å²) in [4.78, 5) is 35.4. The molecule has 3 amide bonds. The molecule has 6 nitrogen and oxygen atoms in total. The fourth-order valence-corrected chi connectivity index (χ4v) is 2.33. The van der Waals surface area contributed by atoms with Crippen molar-refractivity contribution in [3.05, 3.63) is 69.9 Å². The van der Waals surface area contributed by atoms with Crippen molar-refractivity contribution in [3.63, 3.8) is 0 Å². The predicted molar refractivity (Wildman–Crippen MR) is 93.1 cm³/mol. The number of hydrogen-bond acceptors (Lipinski definition) is 3. The zero-order valence-corrected chi connectivity index (χ0v) is 14.6. The maximum Gasteiger partial charge on any atom is 0.269 e. The van der Waals surface area contributed by atoms with E-state index in [4.69, 9.17) is 0 Å². The topological polar surface area (TPSA) is 87.3 Å². The Labute approximate surface area is 151 Å². The van der Waals surface area contributed by atoms with Crippen molar-refractivity contribution in [1.82, 2.24) is 16.2 Å². The molecule has 0 aliphatic carbocycles. The van der Waals surface area contributed by atoms with Crippen molar-refractivity contribution in [2.75, 3.05) is 6.54 Å². The molecule has 0 fully saturated rings. The lowest BCUT2D eigenvalue weighted by molar-refractivity contribution is -0.121. The van der Waals surface area contributed by atoms with Crippen LogP contribution in [0.15, 0.2) is 53.0 Å². The number of hydrogen-bond donors (Lipinski definition) is 3. The highest BCUT2D eigenvalue weighted by Gasteiger charge is 2.12. The summed E-state index contributed by atoms with van der Waals surface area (Å²) in [7, 11) is 0. The summed E-state index contributed by atoms with van der Waals surface area (Å²) in [6.45, 7) is 0.0365. The highest BCUT2D eigenvalue weighted by Crippen LogP contribution is 2.17. The van der Waals surface area contributed by atoms with Crippen LogP contribution in [0.2, 0.25) is 0 Å². The molecule has 8 heteroatoms. The van der Waals surface area contributed by atoms with Crippen LogP contribution >= 0.6 is 15.9 Å². The van der Waals surface area contributed by atoms with E-state index in [1.807, 2.05) is 0 Å². The van der Waals surface area contributed by atoms with Crippen LogP contribution in [0.25, 0.3) is 0 Å². The molecule has 0 atom stereocenters. The summed E-state index contributed by atoms with van der Waals surface area (Å²) in [6.07, 6.45) is -0.0479. The van der Waals surface area contributed by atoms with Crippen molar-refractivity contribution in [2.45, 2.75) is 6.42 Å². The molecule has 3 N–H and O–H groups in total. The Morgan fingerprint density at radius 1 is 0.960 bits per heavy atom. The molecule has 2 aromatic carbocycles. The Morgan fingerprint density at radius 2 is 1.68 bits per heavy atom. The number of benzene rings is 2. The van der Waals surface area contributed by atoms with Gasteiger partial charge in [0.2, 0.25) is 5.91 Å². The van der Waals surface area contributed by atoms with Crippen LogP contribution in [-0.4, -0.2) is 24.3 Å². The van der Waals surface area contributed by atoms with Gasteiger partial charge in [-0.3, -0.25) is 25.2 Å². The van der Waals surface area contributed by atoms with Crippen LogP contribution in [0.4, 0.5) is 4.39 Å². The molecule has 130 valence electrons. The van der Waals surface area contributed by atoms with Crippen LogP contribution in [-0.2, 0) is 4.79 Å². The first-order valence-corrected chi connectivity index (χ1v) is 8.14. The van der Waals surface area contributed by atoms with Crippen molar-refractivity contribution < 1.29 is 18.8 Å². The molecule has 2 aromatic rings. The second-order valence-electron chi connectivity index (χ2n) is 5.00. The molecule has 0 saturated carbocycles. The van der Waals surface area contributed by atoms with Crippen molar-refractivity contribution in [3.8, 4) is 0 Å². The number of carbonyl (C=O) groups is 3. The molecule has 0 spiro atoms. The standard InChI is InChI=1S/C17H15BrFN3O3/c18-14-7-6-12(19)10-13(14)17(25)20-9-8-15(23)21-22-16(24)11-4-2-1-3-5-11/h1-7,10H,8-9H2,(H,20,25)(H,21,23)(H,22,24). The van der Waals surface area contributed by atoms with Crippen LogP contribution in [0, 0.1) is 5.82 Å². The van der Waals surface area contributed by atoms with E-state index in [0.29, 0.717) is 10.0 Å². The highest BCUT2D eigenvalue weighted by molar-refractivity contribution is 9.10. The summed E-state index contributed by atoms with van der Waals surface area (Å²) in [6, 6.07) is 12.2. The minimum atomic E-state index is -0.533. The molecule has 25 heavy (non-hydrogen) atoms. The quantitative estimate of drug-likeness (QED) is 0.663. The number of amides is 3. The molecule has 0 bridgehead atoms. The third-order valence-electron chi connectivity index (χ3n) is 3.16. The Hall–Kier alpha value is -2.74. The molecule has 0 saturated heterocycles. The lowest BCUT2D eigenvalue weighted by atomic mass is 10.2. The van der Waals surface area contributed by atoms with Crippen LogP contribution in [0.1, 0.15) is 27.1 Å². The Morgan fingerprint density at radius 3 is 2.40 bits per heavy atom. The van der Waals surface area contributed by atoms with Crippen molar-refractivity contribution in [2.24, 2.45) is 0 Å². The van der Waals surface area contributed by atoms with E-state index in [0.717, 1.165) is 6.07 Å². The maximum absolute atomic E-state index is 13.2. The highest BCUT2D eigenvalue weighted by atomic mass is 79.9. The summed E-state index contributed by atoms with van der Waals surface area (Å²) >= 11 is 3.16. The van der Waals surface area contributed by atoms with E-state index in [9.17, 15) is 18.8 Å². The second-order valence-corrected chi connectivity index (χ2v) is 5.85. The van der Waals surface area contributed by atoms with Gasteiger partial charge in [0.25, 0.3) is 11.8 Å². The van der Waals surface area contributed by atoms with E-state index in [1.165, 1.54) is 12.1 Å². The van der Waals surface area contributed by atoms with Crippen LogP contribution in [0.3, 0.4) is 0 Å². The zero-order valence-electron chi connectivity index (χ0n) is 13.0. The molecule has 2 rings (SSSR count). The zero-order chi connectivity index (χ0) is 18.2. The second kappa shape index (κ2) is 8.93. The SMILES string of the molecule is O=C(CCNC(=O)c1cc(F)ccc1Br)NNC(=O)c1ccccc1. The lowest BCUT2D eigenvalue weighted by Crippen LogP contribution is -2.42. The average molecular weight is 408 g/mol. The number of carbonyl (C=O) groups excluding carboxylic acids is 3. The smallest absolute Gasteiger partial charge is 0.269 e. The van der Waals surface area contributed by atoms with Crippen LogP contribution < -0.4 is 16.2 Å². The van der Waals surface area contributed by atoms with Gasteiger partial charge < -0.3 is 5.32 Å². The number of nitrogens with one attached hydrogen (secondary N) is 3. The lowest BCUT2D eigenvalue weighted by Gasteiger charge is -2.09. The Bertz CT molecular complexity index is 784. The minimum Gasteiger partial charge on any atom is -0.351 e. The molecule has 0 radical (unpaired) electrons. The first-order chi connectivity index (χ1) is 12.0. The summed E-state index contributed by atoms with van der Waals surface area (Å²) < 4.78 is 13.6. The fraction of sp³-hybridized carbons (Fsp3) is 0.118. The van der Waals surface area contributed by atoms with Gasteiger partial charge in [-0.25, -0.2) is 4.39 Å². The predicted octanol–water partition coefficient (Wildman–Crippen LogP) is 2.17. The van der Waals surface area contributed by atoms with Gasteiger partial charge >= 0.3 is 0 Å². The van der Waals surface area contributed by atoms with Gasteiger partial charge in [0, 0.05) is 23.0 Å². The third-order valence-corrected chi connectivity index (χ3v) is 3.85. The third kappa shape index (κ3) is 5.68. The molecule has 0 aliphatic heterocycles. The van der Waals surface area contributed by atoms with Crippen LogP contribution in [0.5, 0.6) is 0 Å². The first-order valence-electron chi connectivity index (χ1n) is 7.35. The van der Waals surface area contributed by atoms with Gasteiger partial charge in [-0.1, -0.05) is 18.2 Å². The Balaban J connectivity index is 1.74. The molecular formula is C17H15BrFN3O3. The van der Waals surface area contributed by atoms with Gasteiger partial charge in [-0.05, 0) is 46.3 Å². The van der Waals surface area contributed by atoms with Gasteiger partial charge in [0.05, 0.1) is 5.56 Å². The molecule has 0 aliphatic rings. The largest absolute Gasteiger partial charge is 0.351 e. The van der Waals surface area contributed by atoms with Gasteiger partial charge in [-0.15, -0.1) is 0 Å². The maximum atomic E-state index is 13.2. The minimum absolute atomic E-state index is 0.0365. The molecule has 0 unspecified atom stereocenters. The number of halogens is 2. The monoisotopic (exact) mass is 407 g/mol. The summed E-state index contributed by atoms with van der Waals surface area (Å²) in [5, 5.41) is 2.51. The summed E-state index contributed by atoms with van der Waals surface area (Å²) in [5.74, 6) is -1.95. The average Bonchev–Trinajstić information content (AvgIpc) is 2.62. The van der Waals surface area contributed by atoms with E-state index in [2.05, 4.69) is 32.1 Å². The van der Waals surface area contributed by atoms with Gasteiger partial charge in [-0.2, -0.15) is 0 Å². The first kappa shape index (κ1) is 18.6. The van der Waals surface area contributed by atoms with E-state index in [1.54, 1.807) is 30.3 Å². The number of hydrazine groups is 1. The van der Waals surface area contributed by atoms with Gasteiger partial charge in [0.15, 0.2) is 0 Å². The Kier molecular flexibility index (Phi) is 6.64. The molecule has 0 aromatic heterocycles. The molecular weight excluding hydrogens is 393 g/mol. The molecule has 0 heterocycles.